The Hall–Kier alpha value is -2.13. The van der Waals surface area contributed by atoms with Crippen molar-refractivity contribution in [3.8, 4) is 0 Å². The van der Waals surface area contributed by atoms with Gasteiger partial charge < -0.3 is 10.5 Å². The van der Waals surface area contributed by atoms with Crippen molar-refractivity contribution < 1.29 is 9.53 Å². The van der Waals surface area contributed by atoms with Crippen molar-refractivity contribution in [1.29, 1.82) is 0 Å². The molecule has 0 heterocycles. The van der Waals surface area contributed by atoms with Crippen molar-refractivity contribution in [3.63, 3.8) is 0 Å². The second-order valence-electron chi connectivity index (χ2n) is 12.4. The molecule has 45 heavy (non-hydrogen) atoms. The Balaban J connectivity index is 4.08. The number of carbonyl (C=O) groups excluding carboxylic acids is 1. The van der Waals surface area contributed by atoms with E-state index < -0.39 is 0 Å². The maximum absolute atomic E-state index is 12.4. The Morgan fingerprint density at radius 2 is 0.867 bits per heavy atom. The highest BCUT2D eigenvalue weighted by atomic mass is 16.5. The van der Waals surface area contributed by atoms with Gasteiger partial charge in [-0.05, 0) is 122 Å². The molecule has 0 aliphatic carbocycles. The molecule has 0 aliphatic rings. The first-order valence-electron chi connectivity index (χ1n) is 19.0. The lowest BCUT2D eigenvalue weighted by Crippen LogP contribution is -2.18. The average Bonchev–Trinajstić information content (AvgIpc) is 3.04. The third-order valence-electron chi connectivity index (χ3n) is 7.96. The molecule has 0 aromatic rings. The van der Waals surface area contributed by atoms with Gasteiger partial charge in [-0.25, -0.2) is 0 Å². The van der Waals surface area contributed by atoms with Crippen molar-refractivity contribution in [3.05, 3.63) is 72.9 Å². The number of hydrogen-bond donors (Lipinski definition) is 1. The Kier molecular flexibility index (Phi) is 36.3. The fourth-order valence-corrected chi connectivity index (χ4v) is 5.12. The van der Waals surface area contributed by atoms with Gasteiger partial charge in [0.2, 0.25) is 0 Å². The lowest BCUT2D eigenvalue weighted by Gasteiger charge is -2.18. The fourth-order valence-electron chi connectivity index (χ4n) is 5.12. The molecule has 0 aromatic carbocycles. The summed E-state index contributed by atoms with van der Waals surface area (Å²) in [5, 5.41) is 0. The largest absolute Gasteiger partial charge is 0.462 e. The summed E-state index contributed by atoms with van der Waals surface area (Å²) in [5.41, 5.74) is 5.59. The minimum atomic E-state index is -0.0422. The summed E-state index contributed by atoms with van der Waals surface area (Å²) >= 11 is 0. The van der Waals surface area contributed by atoms with Crippen LogP contribution in [0.2, 0.25) is 0 Å². The van der Waals surface area contributed by atoms with E-state index in [1.54, 1.807) is 0 Å². The van der Waals surface area contributed by atoms with Crippen LogP contribution >= 0.6 is 0 Å². The minimum Gasteiger partial charge on any atom is -0.462 e. The molecule has 0 aliphatic heterocycles. The van der Waals surface area contributed by atoms with Crippen LogP contribution in [-0.2, 0) is 9.53 Å². The van der Waals surface area contributed by atoms with E-state index in [9.17, 15) is 4.79 Å². The van der Waals surface area contributed by atoms with Crippen LogP contribution in [0.25, 0.3) is 0 Å². The molecule has 0 fully saturated rings. The van der Waals surface area contributed by atoms with Crippen molar-refractivity contribution >= 4 is 5.97 Å². The molecule has 0 bridgehead atoms. The summed E-state index contributed by atoms with van der Waals surface area (Å²) < 4.78 is 5.91. The number of hydrogen-bond acceptors (Lipinski definition) is 3. The number of ether oxygens (including phenoxy) is 1. The zero-order valence-electron chi connectivity index (χ0n) is 29.8. The number of allylic oxidation sites excluding steroid dienone is 12. The van der Waals surface area contributed by atoms with Gasteiger partial charge in [0.15, 0.2) is 0 Å². The van der Waals surface area contributed by atoms with Crippen LogP contribution in [0.15, 0.2) is 72.9 Å². The number of carbonyl (C=O) groups is 1. The molecule has 3 heteroatoms. The van der Waals surface area contributed by atoms with E-state index in [2.05, 4.69) is 86.8 Å². The van der Waals surface area contributed by atoms with Crippen LogP contribution < -0.4 is 5.73 Å². The highest BCUT2D eigenvalue weighted by Crippen LogP contribution is 2.17. The van der Waals surface area contributed by atoms with Crippen LogP contribution in [0, 0.1) is 0 Å². The molecular formula is C42H73NO2. The van der Waals surface area contributed by atoms with E-state index >= 15 is 0 Å². The predicted octanol–water partition coefficient (Wildman–Crippen LogP) is 13.0. The van der Waals surface area contributed by atoms with Crippen LogP contribution in [0.3, 0.4) is 0 Å². The lowest BCUT2D eigenvalue weighted by atomic mass is 10.0. The summed E-state index contributed by atoms with van der Waals surface area (Å²) in [6, 6.07) is 0. The standard InChI is InChI=1S/C42H73NO2/c1-3-5-7-9-11-13-15-17-19-21-23-25-27-29-31-33-37-41(45-42(44)39-35-36-40-43)38-34-32-30-28-26-24-22-20-18-16-14-12-10-8-6-4-2/h11-14,17-20,23-26,41H,3-10,15-16,21-22,27-40,43H2,1-2H3/b13-11-,14-12-,19-17-,20-18-,25-23-,26-24-. The number of esters is 1. The molecule has 0 radical (unpaired) electrons. The maximum atomic E-state index is 12.4. The average molecular weight is 624 g/mol. The van der Waals surface area contributed by atoms with E-state index in [0.29, 0.717) is 13.0 Å². The number of unbranched alkanes of at least 4 members (excludes halogenated alkanes) is 13. The summed E-state index contributed by atoms with van der Waals surface area (Å²) in [6.07, 6.45) is 55.5. The molecule has 0 rings (SSSR count). The van der Waals surface area contributed by atoms with E-state index in [-0.39, 0.29) is 12.1 Å². The second-order valence-corrected chi connectivity index (χ2v) is 12.4. The Morgan fingerprint density at radius 1 is 0.489 bits per heavy atom. The first-order chi connectivity index (χ1) is 22.2. The zero-order valence-corrected chi connectivity index (χ0v) is 29.8. The molecule has 2 N–H and O–H groups in total. The minimum absolute atomic E-state index is 0.0422. The molecule has 0 aromatic heterocycles. The molecule has 0 unspecified atom stereocenters. The van der Waals surface area contributed by atoms with Gasteiger partial charge in [0.25, 0.3) is 0 Å². The van der Waals surface area contributed by atoms with E-state index in [0.717, 1.165) is 77.0 Å². The van der Waals surface area contributed by atoms with Gasteiger partial charge >= 0.3 is 5.97 Å². The highest BCUT2D eigenvalue weighted by molar-refractivity contribution is 5.69. The highest BCUT2D eigenvalue weighted by Gasteiger charge is 2.14. The summed E-state index contributed by atoms with van der Waals surface area (Å²) in [6.45, 7) is 5.14. The molecule has 0 atom stereocenters. The van der Waals surface area contributed by atoms with Crippen LogP contribution in [0.1, 0.15) is 174 Å². The predicted molar refractivity (Wildman–Crippen MR) is 201 cm³/mol. The van der Waals surface area contributed by atoms with Gasteiger partial charge in [0.05, 0.1) is 0 Å². The number of nitrogens with two attached hydrogens (primary N) is 1. The summed E-state index contributed by atoms with van der Waals surface area (Å²) in [4.78, 5) is 12.4. The number of rotatable bonds is 33. The van der Waals surface area contributed by atoms with E-state index in [4.69, 9.17) is 10.5 Å². The lowest BCUT2D eigenvalue weighted by molar-refractivity contribution is -0.150. The topological polar surface area (TPSA) is 52.3 Å². The molecular weight excluding hydrogens is 550 g/mol. The van der Waals surface area contributed by atoms with Gasteiger partial charge in [-0.1, -0.05) is 125 Å². The first kappa shape index (κ1) is 42.9. The van der Waals surface area contributed by atoms with Gasteiger partial charge in [-0.15, -0.1) is 0 Å². The molecule has 0 saturated heterocycles. The normalized spacial score (nSPS) is 12.6. The van der Waals surface area contributed by atoms with Crippen molar-refractivity contribution in [2.45, 2.75) is 180 Å². The maximum Gasteiger partial charge on any atom is 0.306 e. The third-order valence-corrected chi connectivity index (χ3v) is 7.96. The Morgan fingerprint density at radius 3 is 1.24 bits per heavy atom. The molecule has 0 saturated carbocycles. The smallest absolute Gasteiger partial charge is 0.306 e. The fraction of sp³-hybridized carbons (Fsp3) is 0.690. The summed E-state index contributed by atoms with van der Waals surface area (Å²) in [7, 11) is 0. The first-order valence-corrected chi connectivity index (χ1v) is 19.0. The van der Waals surface area contributed by atoms with Gasteiger partial charge in [0, 0.05) is 6.42 Å². The van der Waals surface area contributed by atoms with Gasteiger partial charge in [0.1, 0.15) is 6.10 Å². The summed E-state index contributed by atoms with van der Waals surface area (Å²) in [5.74, 6) is -0.0422. The van der Waals surface area contributed by atoms with Gasteiger partial charge in [-0.3, -0.25) is 4.79 Å². The van der Waals surface area contributed by atoms with Crippen molar-refractivity contribution in [2.24, 2.45) is 5.73 Å². The molecule has 0 spiro atoms. The Bertz CT molecular complexity index is 735. The quantitative estimate of drug-likeness (QED) is 0.0449. The van der Waals surface area contributed by atoms with Crippen LogP contribution in [0.4, 0.5) is 0 Å². The van der Waals surface area contributed by atoms with Crippen LogP contribution in [-0.4, -0.2) is 18.6 Å². The second kappa shape index (κ2) is 38.1. The van der Waals surface area contributed by atoms with Crippen molar-refractivity contribution in [1.82, 2.24) is 0 Å². The van der Waals surface area contributed by atoms with Crippen LogP contribution in [0.5, 0.6) is 0 Å². The van der Waals surface area contributed by atoms with Gasteiger partial charge in [-0.2, -0.15) is 0 Å². The Labute approximate surface area is 280 Å². The zero-order chi connectivity index (χ0) is 32.7. The third kappa shape index (κ3) is 36.2. The molecule has 258 valence electrons. The van der Waals surface area contributed by atoms with E-state index in [1.165, 1.54) is 77.0 Å². The van der Waals surface area contributed by atoms with Crippen molar-refractivity contribution in [2.75, 3.05) is 6.54 Å². The molecule has 3 nitrogen and oxygen atoms in total. The molecule has 0 amide bonds. The SMILES string of the molecule is CCCCC/C=C\C/C=C\C/C=C\CCCCCC(CCCCC/C=C\C/C=C\C/C=C\CCCCC)OC(=O)CCCCN. The monoisotopic (exact) mass is 624 g/mol. The van der Waals surface area contributed by atoms with E-state index in [1.807, 2.05) is 0 Å².